The van der Waals surface area contributed by atoms with E-state index in [0.717, 1.165) is 37.5 Å². The molecule has 1 aliphatic rings. The first-order chi connectivity index (χ1) is 9.69. The summed E-state index contributed by atoms with van der Waals surface area (Å²) in [5.74, 6) is 1.47. The number of methoxy groups -OCH3 is 1. The number of aliphatic hydroxyl groups is 1. The van der Waals surface area contributed by atoms with Gasteiger partial charge >= 0.3 is 0 Å². The second-order valence-corrected chi connectivity index (χ2v) is 6.32. The highest BCUT2D eigenvalue weighted by molar-refractivity contribution is 5.14. The van der Waals surface area contributed by atoms with Crippen molar-refractivity contribution in [3.05, 3.63) is 35.9 Å². The molecule has 0 radical (unpaired) electrons. The van der Waals surface area contributed by atoms with E-state index >= 15 is 0 Å². The third-order valence-corrected chi connectivity index (χ3v) is 4.82. The van der Waals surface area contributed by atoms with Gasteiger partial charge in [0, 0.05) is 7.11 Å². The maximum Gasteiger partial charge on any atom is 0.0576 e. The minimum atomic E-state index is -0.163. The molecule has 1 aromatic carbocycles. The first-order valence-corrected chi connectivity index (χ1v) is 7.93. The van der Waals surface area contributed by atoms with Crippen molar-refractivity contribution in [2.45, 2.75) is 57.7 Å². The van der Waals surface area contributed by atoms with Crippen molar-refractivity contribution in [1.29, 1.82) is 0 Å². The highest BCUT2D eigenvalue weighted by Gasteiger charge is 2.31. The van der Waals surface area contributed by atoms with Gasteiger partial charge in [-0.05, 0) is 55.9 Å². The fraction of sp³-hybridized carbons (Fsp3) is 0.667. The van der Waals surface area contributed by atoms with E-state index < -0.39 is 0 Å². The highest BCUT2D eigenvalue weighted by Crippen LogP contribution is 2.36. The number of hydrogen-bond acceptors (Lipinski definition) is 2. The first-order valence-electron chi connectivity index (χ1n) is 7.93. The molecule has 0 heterocycles. The molecule has 20 heavy (non-hydrogen) atoms. The Kier molecular flexibility index (Phi) is 6.06. The number of benzene rings is 1. The van der Waals surface area contributed by atoms with Gasteiger partial charge in [-0.2, -0.15) is 0 Å². The summed E-state index contributed by atoms with van der Waals surface area (Å²) in [6, 6.07) is 10.4. The van der Waals surface area contributed by atoms with Gasteiger partial charge < -0.3 is 9.84 Å². The lowest BCUT2D eigenvalue weighted by molar-refractivity contribution is 0.101. The number of rotatable bonds is 7. The van der Waals surface area contributed by atoms with Crippen molar-refractivity contribution < 1.29 is 9.84 Å². The molecule has 0 spiro atoms. The summed E-state index contributed by atoms with van der Waals surface area (Å²) in [4.78, 5) is 0. The fourth-order valence-electron chi connectivity index (χ4n) is 3.40. The molecule has 0 aliphatic heterocycles. The smallest absolute Gasteiger partial charge is 0.0576 e. The summed E-state index contributed by atoms with van der Waals surface area (Å²) in [7, 11) is 1.81. The van der Waals surface area contributed by atoms with Crippen molar-refractivity contribution in [2.24, 2.45) is 11.8 Å². The van der Waals surface area contributed by atoms with Gasteiger partial charge in [-0.15, -0.1) is 0 Å². The molecule has 1 aliphatic carbocycles. The molecule has 1 saturated carbocycles. The van der Waals surface area contributed by atoms with Crippen LogP contribution in [0.15, 0.2) is 30.3 Å². The van der Waals surface area contributed by atoms with Gasteiger partial charge in [-0.25, -0.2) is 0 Å². The molecule has 0 bridgehead atoms. The summed E-state index contributed by atoms with van der Waals surface area (Å²) in [5, 5.41) is 10.1. The second-order valence-electron chi connectivity index (χ2n) is 6.32. The Bertz CT molecular complexity index is 376. The maximum absolute atomic E-state index is 10.1. The van der Waals surface area contributed by atoms with E-state index in [1.165, 1.54) is 18.4 Å². The van der Waals surface area contributed by atoms with Crippen LogP contribution in [0.5, 0.6) is 0 Å². The molecule has 2 heteroatoms. The van der Waals surface area contributed by atoms with Crippen molar-refractivity contribution in [3.63, 3.8) is 0 Å². The number of hydrogen-bond donors (Lipinski definition) is 1. The van der Waals surface area contributed by atoms with Crippen LogP contribution < -0.4 is 0 Å². The van der Waals surface area contributed by atoms with Crippen LogP contribution in [-0.4, -0.2) is 24.4 Å². The molecule has 112 valence electrons. The lowest BCUT2D eigenvalue weighted by Crippen LogP contribution is -2.12. The van der Waals surface area contributed by atoms with Gasteiger partial charge in [0.25, 0.3) is 0 Å². The van der Waals surface area contributed by atoms with E-state index in [1.807, 2.05) is 13.2 Å². The van der Waals surface area contributed by atoms with E-state index in [-0.39, 0.29) is 6.10 Å². The Morgan fingerprint density at radius 2 is 1.95 bits per heavy atom. The summed E-state index contributed by atoms with van der Waals surface area (Å²) in [6.45, 7) is 2.32. The Hall–Kier alpha value is -0.860. The molecule has 2 rings (SSSR count). The molecule has 0 amide bonds. The van der Waals surface area contributed by atoms with Crippen LogP contribution >= 0.6 is 0 Å². The molecule has 1 fully saturated rings. The third-order valence-electron chi connectivity index (χ3n) is 4.82. The van der Waals surface area contributed by atoms with Gasteiger partial charge in [0.15, 0.2) is 0 Å². The predicted molar refractivity (Wildman–Crippen MR) is 82.7 cm³/mol. The number of ether oxygens (including phenoxy) is 1. The largest absolute Gasteiger partial charge is 0.393 e. The van der Waals surface area contributed by atoms with E-state index in [2.05, 4.69) is 31.2 Å². The molecule has 1 N–H and O–H groups in total. The van der Waals surface area contributed by atoms with Crippen LogP contribution in [0.4, 0.5) is 0 Å². The Balaban J connectivity index is 1.66. The standard InChI is InChI=1S/C18H28O2/c1-14-12-18(20-2)13-16(14)9-11-17(19)10-8-15-6-4-3-5-7-15/h3-7,14,16-19H,8-13H2,1-2H3/t14-,16?,17+,18+/m1/s1. The van der Waals surface area contributed by atoms with Gasteiger partial charge in [0.05, 0.1) is 12.2 Å². The zero-order valence-corrected chi connectivity index (χ0v) is 12.8. The van der Waals surface area contributed by atoms with E-state index in [9.17, 15) is 5.11 Å². The van der Waals surface area contributed by atoms with E-state index in [1.54, 1.807) is 0 Å². The quantitative estimate of drug-likeness (QED) is 0.820. The molecular formula is C18H28O2. The highest BCUT2D eigenvalue weighted by atomic mass is 16.5. The van der Waals surface area contributed by atoms with Crippen molar-refractivity contribution in [1.82, 2.24) is 0 Å². The number of aryl methyl sites for hydroxylation is 1. The first kappa shape index (κ1) is 15.5. The Morgan fingerprint density at radius 1 is 1.20 bits per heavy atom. The van der Waals surface area contributed by atoms with Crippen LogP contribution in [0.2, 0.25) is 0 Å². The van der Waals surface area contributed by atoms with Gasteiger partial charge in [-0.1, -0.05) is 37.3 Å². The van der Waals surface area contributed by atoms with Crippen LogP contribution in [0.3, 0.4) is 0 Å². The molecule has 2 nitrogen and oxygen atoms in total. The molecule has 1 aromatic rings. The normalized spacial score (nSPS) is 27.6. The molecular weight excluding hydrogens is 248 g/mol. The third kappa shape index (κ3) is 4.60. The maximum atomic E-state index is 10.1. The van der Waals surface area contributed by atoms with Gasteiger partial charge in [0.2, 0.25) is 0 Å². The topological polar surface area (TPSA) is 29.5 Å². The van der Waals surface area contributed by atoms with Crippen molar-refractivity contribution >= 4 is 0 Å². The van der Waals surface area contributed by atoms with Gasteiger partial charge in [0.1, 0.15) is 0 Å². The summed E-state index contributed by atoms with van der Waals surface area (Å²) in [6.07, 6.45) is 6.54. The summed E-state index contributed by atoms with van der Waals surface area (Å²) < 4.78 is 5.46. The fourth-order valence-corrected chi connectivity index (χ4v) is 3.40. The lowest BCUT2D eigenvalue weighted by Gasteiger charge is -2.17. The summed E-state index contributed by atoms with van der Waals surface area (Å²) in [5.41, 5.74) is 1.32. The lowest BCUT2D eigenvalue weighted by atomic mass is 9.91. The SMILES string of the molecule is CO[C@@H]1CC(CC[C@@H](O)CCc2ccccc2)[C@H](C)C1. The second kappa shape index (κ2) is 7.80. The zero-order valence-electron chi connectivity index (χ0n) is 12.8. The Labute approximate surface area is 123 Å². The van der Waals surface area contributed by atoms with Crippen LogP contribution in [0, 0.1) is 11.8 Å². The van der Waals surface area contributed by atoms with Gasteiger partial charge in [-0.3, -0.25) is 0 Å². The average Bonchev–Trinajstić information content (AvgIpc) is 2.84. The number of aliphatic hydroxyl groups excluding tert-OH is 1. The minimum Gasteiger partial charge on any atom is -0.393 e. The average molecular weight is 276 g/mol. The van der Waals surface area contributed by atoms with Crippen molar-refractivity contribution in [2.75, 3.05) is 7.11 Å². The molecule has 4 atom stereocenters. The van der Waals surface area contributed by atoms with Crippen LogP contribution in [0.1, 0.15) is 44.6 Å². The molecule has 0 aromatic heterocycles. The van der Waals surface area contributed by atoms with E-state index in [4.69, 9.17) is 4.74 Å². The van der Waals surface area contributed by atoms with Crippen molar-refractivity contribution in [3.8, 4) is 0 Å². The van der Waals surface area contributed by atoms with Crippen LogP contribution in [-0.2, 0) is 11.2 Å². The Morgan fingerprint density at radius 3 is 2.60 bits per heavy atom. The molecule has 1 unspecified atom stereocenters. The monoisotopic (exact) mass is 276 g/mol. The van der Waals surface area contributed by atoms with E-state index in [0.29, 0.717) is 6.10 Å². The summed E-state index contributed by atoms with van der Waals surface area (Å²) >= 11 is 0. The minimum absolute atomic E-state index is 0.163. The molecule has 0 saturated heterocycles. The predicted octanol–water partition coefficient (Wildman–Crippen LogP) is 3.82. The van der Waals surface area contributed by atoms with Crippen LogP contribution in [0.25, 0.3) is 0 Å². The zero-order chi connectivity index (χ0) is 14.4.